The van der Waals surface area contributed by atoms with Crippen LogP contribution in [0, 0.1) is 0 Å². The molecule has 0 unspecified atom stereocenters. The number of benzene rings is 8. The second-order valence-corrected chi connectivity index (χ2v) is 14.1. The largest absolute Gasteiger partial charge is 0.309 e. The lowest BCUT2D eigenvalue weighted by molar-refractivity contribution is 0.953. The van der Waals surface area contributed by atoms with E-state index in [1.807, 2.05) is 24.3 Å². The summed E-state index contributed by atoms with van der Waals surface area (Å²) in [5.74, 6) is 1.82. The summed E-state index contributed by atoms with van der Waals surface area (Å²) in [6, 6.07) is 70.4. The Hall–Kier alpha value is -7.63. The van der Waals surface area contributed by atoms with Crippen molar-refractivity contribution >= 4 is 43.6 Å². The molecule has 0 aliphatic carbocycles. The Balaban J connectivity index is 1.12. The maximum absolute atomic E-state index is 5.25. The standard InChI is InChI=1S/C51H33N5/c1-4-15-34(16-5-1)36-19-14-20-39(31-36)50-52-49(35-17-6-2-7-18-35)53-51(54-50)56-46-26-13-10-23-41(46)43-29-27-38(33-48(43)56)37-28-30-47-44(32-37)42-24-11-12-25-45(42)55(47)40-21-8-3-9-22-40/h1-33H. The van der Waals surface area contributed by atoms with E-state index in [4.69, 9.17) is 15.0 Å². The lowest BCUT2D eigenvalue weighted by Gasteiger charge is -2.12. The summed E-state index contributed by atoms with van der Waals surface area (Å²) >= 11 is 0. The van der Waals surface area contributed by atoms with E-state index in [9.17, 15) is 0 Å². The molecule has 0 N–H and O–H groups in total. The van der Waals surface area contributed by atoms with Crippen LogP contribution in [0.4, 0.5) is 0 Å². The third-order valence-electron chi connectivity index (χ3n) is 10.8. The molecule has 3 aromatic heterocycles. The van der Waals surface area contributed by atoms with Gasteiger partial charge < -0.3 is 4.57 Å². The average molecular weight is 716 g/mol. The Morgan fingerprint density at radius 1 is 0.268 bits per heavy atom. The van der Waals surface area contributed by atoms with Crippen LogP contribution < -0.4 is 0 Å². The SMILES string of the molecule is c1ccc(-c2cccc(-c3nc(-c4ccccc4)nc(-n4c5ccccc5c5ccc(-c6ccc7c(c6)c6ccccc6n7-c6ccccc6)cc54)n3)c2)cc1. The van der Waals surface area contributed by atoms with Crippen LogP contribution in [0.2, 0.25) is 0 Å². The first-order valence-corrected chi connectivity index (χ1v) is 18.9. The van der Waals surface area contributed by atoms with Crippen molar-refractivity contribution in [2.45, 2.75) is 0 Å². The van der Waals surface area contributed by atoms with Crippen molar-refractivity contribution in [3.8, 4) is 56.7 Å². The Kier molecular flexibility index (Phi) is 7.42. The summed E-state index contributed by atoms with van der Waals surface area (Å²) in [6.07, 6.45) is 0. The van der Waals surface area contributed by atoms with Crippen LogP contribution in [-0.4, -0.2) is 24.1 Å². The van der Waals surface area contributed by atoms with Gasteiger partial charge in [-0.05, 0) is 70.8 Å². The smallest absolute Gasteiger partial charge is 0.238 e. The molecule has 0 saturated carbocycles. The monoisotopic (exact) mass is 715 g/mol. The molecule has 3 heterocycles. The second kappa shape index (κ2) is 13.0. The van der Waals surface area contributed by atoms with E-state index in [1.54, 1.807) is 0 Å². The van der Waals surface area contributed by atoms with E-state index in [1.165, 1.54) is 21.8 Å². The topological polar surface area (TPSA) is 48.5 Å². The fraction of sp³-hybridized carbons (Fsp3) is 0. The number of rotatable bonds is 6. The summed E-state index contributed by atoms with van der Waals surface area (Å²) < 4.78 is 4.56. The van der Waals surface area contributed by atoms with E-state index in [0.717, 1.165) is 60.9 Å². The maximum atomic E-state index is 5.25. The van der Waals surface area contributed by atoms with Crippen LogP contribution in [0.1, 0.15) is 0 Å². The molecule has 0 spiro atoms. The fourth-order valence-electron chi connectivity index (χ4n) is 8.15. The molecule has 5 nitrogen and oxygen atoms in total. The molecule has 0 amide bonds. The zero-order valence-corrected chi connectivity index (χ0v) is 30.3. The maximum Gasteiger partial charge on any atom is 0.238 e. The zero-order valence-electron chi connectivity index (χ0n) is 30.3. The molecular weight excluding hydrogens is 683 g/mol. The molecule has 11 aromatic rings. The van der Waals surface area contributed by atoms with Gasteiger partial charge in [-0.2, -0.15) is 9.97 Å². The van der Waals surface area contributed by atoms with Gasteiger partial charge in [0.05, 0.1) is 22.1 Å². The van der Waals surface area contributed by atoms with Crippen molar-refractivity contribution in [2.24, 2.45) is 0 Å². The number of hydrogen-bond donors (Lipinski definition) is 0. The Labute approximate surface area is 323 Å². The van der Waals surface area contributed by atoms with Crippen molar-refractivity contribution in [1.82, 2.24) is 24.1 Å². The molecule has 5 heteroatoms. The predicted octanol–water partition coefficient (Wildman–Crippen LogP) is 12.7. The summed E-state index contributed by atoms with van der Waals surface area (Å²) in [5.41, 5.74) is 12.0. The molecule has 262 valence electrons. The van der Waals surface area contributed by atoms with Gasteiger partial charge in [0.1, 0.15) is 0 Å². The van der Waals surface area contributed by atoms with Crippen LogP contribution in [0.5, 0.6) is 0 Å². The molecule has 0 aliphatic heterocycles. The third kappa shape index (κ3) is 5.29. The predicted molar refractivity (Wildman–Crippen MR) is 230 cm³/mol. The highest BCUT2D eigenvalue weighted by Gasteiger charge is 2.19. The number of nitrogens with zero attached hydrogens (tertiary/aromatic N) is 5. The normalized spacial score (nSPS) is 11.6. The first kappa shape index (κ1) is 31.9. The molecule has 0 atom stereocenters. The van der Waals surface area contributed by atoms with Crippen molar-refractivity contribution in [2.75, 3.05) is 0 Å². The number of hydrogen-bond acceptors (Lipinski definition) is 3. The van der Waals surface area contributed by atoms with E-state index < -0.39 is 0 Å². The van der Waals surface area contributed by atoms with Crippen molar-refractivity contribution < 1.29 is 0 Å². The van der Waals surface area contributed by atoms with Gasteiger partial charge in [0, 0.05) is 38.4 Å². The summed E-state index contributed by atoms with van der Waals surface area (Å²) in [4.78, 5) is 15.5. The minimum absolute atomic E-state index is 0.573. The van der Waals surface area contributed by atoms with Crippen LogP contribution in [0.25, 0.3) is 100 Å². The summed E-state index contributed by atoms with van der Waals surface area (Å²) in [6.45, 7) is 0. The van der Waals surface area contributed by atoms with Gasteiger partial charge in [-0.15, -0.1) is 0 Å². The minimum Gasteiger partial charge on any atom is -0.309 e. The number of para-hydroxylation sites is 3. The highest BCUT2D eigenvalue weighted by atomic mass is 15.2. The molecule has 0 saturated heterocycles. The number of fused-ring (bicyclic) bond motifs is 6. The molecule has 8 aromatic carbocycles. The van der Waals surface area contributed by atoms with Gasteiger partial charge >= 0.3 is 0 Å². The molecule has 11 rings (SSSR count). The zero-order chi connectivity index (χ0) is 37.0. The first-order valence-electron chi connectivity index (χ1n) is 18.9. The minimum atomic E-state index is 0.573. The van der Waals surface area contributed by atoms with Crippen molar-refractivity contribution in [3.05, 3.63) is 200 Å². The molecule has 0 fully saturated rings. The van der Waals surface area contributed by atoms with Gasteiger partial charge in [0.15, 0.2) is 11.6 Å². The van der Waals surface area contributed by atoms with Crippen LogP contribution >= 0.6 is 0 Å². The van der Waals surface area contributed by atoms with Crippen LogP contribution in [-0.2, 0) is 0 Å². The Bertz CT molecular complexity index is 3240. The first-order chi connectivity index (χ1) is 27.8. The summed E-state index contributed by atoms with van der Waals surface area (Å²) in [5, 5.41) is 4.73. The molecule has 0 aliphatic rings. The van der Waals surface area contributed by atoms with Gasteiger partial charge in [-0.1, -0.05) is 152 Å². The van der Waals surface area contributed by atoms with Gasteiger partial charge in [-0.25, -0.2) is 4.98 Å². The Morgan fingerprint density at radius 2 is 0.768 bits per heavy atom. The highest BCUT2D eigenvalue weighted by molar-refractivity contribution is 6.12. The summed E-state index contributed by atoms with van der Waals surface area (Å²) in [7, 11) is 0. The van der Waals surface area contributed by atoms with Gasteiger partial charge in [0.2, 0.25) is 5.95 Å². The average Bonchev–Trinajstić information content (AvgIpc) is 3.79. The lowest BCUT2D eigenvalue weighted by atomic mass is 10.0. The Morgan fingerprint density at radius 3 is 1.52 bits per heavy atom. The molecule has 0 radical (unpaired) electrons. The van der Waals surface area contributed by atoms with E-state index >= 15 is 0 Å². The lowest BCUT2D eigenvalue weighted by Crippen LogP contribution is -2.06. The van der Waals surface area contributed by atoms with Crippen molar-refractivity contribution in [1.29, 1.82) is 0 Å². The van der Waals surface area contributed by atoms with E-state index in [0.29, 0.717) is 17.6 Å². The molecule has 0 bridgehead atoms. The van der Waals surface area contributed by atoms with Crippen LogP contribution in [0.15, 0.2) is 200 Å². The third-order valence-corrected chi connectivity index (χ3v) is 10.8. The fourth-order valence-corrected chi connectivity index (χ4v) is 8.15. The molecule has 56 heavy (non-hydrogen) atoms. The number of aromatic nitrogens is 5. The van der Waals surface area contributed by atoms with Gasteiger partial charge in [-0.3, -0.25) is 4.57 Å². The van der Waals surface area contributed by atoms with Crippen molar-refractivity contribution in [3.63, 3.8) is 0 Å². The van der Waals surface area contributed by atoms with Crippen LogP contribution in [0.3, 0.4) is 0 Å². The quantitative estimate of drug-likeness (QED) is 0.172. The van der Waals surface area contributed by atoms with E-state index in [-0.39, 0.29) is 0 Å². The second-order valence-electron chi connectivity index (χ2n) is 14.1. The highest BCUT2D eigenvalue weighted by Crippen LogP contribution is 2.38. The molecular formula is C51H33N5. The van der Waals surface area contributed by atoms with E-state index in [2.05, 4.69) is 185 Å². The van der Waals surface area contributed by atoms with Gasteiger partial charge in [0.25, 0.3) is 0 Å².